The molecule has 17 N–H and O–H groups in total. The van der Waals surface area contributed by atoms with E-state index in [2.05, 4.69) is 5.32 Å². The number of hydrogen-bond acceptors (Lipinski definition) is 20. The van der Waals surface area contributed by atoms with Gasteiger partial charge in [-0.05, 0) is 0 Å². The fraction of sp³-hybridized carbons (Fsp3) is 0.793. The second kappa shape index (κ2) is 25.7. The molecule has 1 aliphatic rings. The highest BCUT2D eigenvalue weighted by Gasteiger charge is 2.49. The minimum Gasteiger partial charge on any atom is -0.480 e. The van der Waals surface area contributed by atoms with Crippen LogP contribution < -0.4 is 10.6 Å². The van der Waals surface area contributed by atoms with Gasteiger partial charge in [0.05, 0.1) is 65.0 Å². The first-order valence-electron chi connectivity index (χ1n) is 17.7. The predicted octanol–water partition coefficient (Wildman–Crippen LogP) is -9.20. The summed E-state index contributed by atoms with van der Waals surface area (Å²) in [5.74, 6) is -8.33. The Morgan fingerprint density at radius 1 is 0.656 bits per heavy atom. The number of nitrogens with one attached hydrogen (secondary N) is 2. The fourth-order valence-electron chi connectivity index (χ4n) is 5.81. The molecule has 32 heteroatoms. The molecule has 0 aromatic heterocycles. The first-order chi connectivity index (χ1) is 28.1. The van der Waals surface area contributed by atoms with E-state index < -0.39 is 170 Å². The van der Waals surface area contributed by atoms with Crippen molar-refractivity contribution in [3.05, 3.63) is 0 Å². The molecule has 61 heavy (non-hydrogen) atoms. The smallest absolute Gasteiger partial charge is 0.341 e. The molecule has 1 rings (SSSR count). The lowest BCUT2D eigenvalue weighted by molar-refractivity contribution is -0.300. The maximum atomic E-state index is 13.4. The molecule has 0 aliphatic carbocycles. The third kappa shape index (κ3) is 19.7. The van der Waals surface area contributed by atoms with Crippen LogP contribution in [0.25, 0.3) is 0 Å². The van der Waals surface area contributed by atoms with Gasteiger partial charge in [0, 0.05) is 26.2 Å². The zero-order valence-electron chi connectivity index (χ0n) is 32.0. The molecular weight excluding hydrogens is 880 g/mol. The highest BCUT2D eigenvalue weighted by Crippen LogP contribution is 2.61. The Bertz CT molecular complexity index is 1530. The minimum absolute atomic E-state index is 0.233. The molecule has 1 aliphatic heterocycles. The second-order valence-electron chi connectivity index (χ2n) is 13.6. The van der Waals surface area contributed by atoms with E-state index in [4.69, 9.17) is 19.7 Å². The zero-order valence-corrected chi connectivity index (χ0v) is 33.8. The van der Waals surface area contributed by atoms with Gasteiger partial charge in [0.15, 0.2) is 11.7 Å². The molecule has 0 radical (unpaired) electrons. The van der Waals surface area contributed by atoms with Gasteiger partial charge in [0.2, 0.25) is 11.8 Å². The number of hydrogen-bond donors (Lipinski definition) is 17. The van der Waals surface area contributed by atoms with E-state index in [0.717, 1.165) is 9.80 Å². The van der Waals surface area contributed by atoms with Crippen LogP contribution in [0.1, 0.15) is 6.42 Å². The summed E-state index contributed by atoms with van der Waals surface area (Å²) in [6.07, 6.45) is -16.3. The second-order valence-corrected chi connectivity index (χ2v) is 17.6. The maximum absolute atomic E-state index is 13.4. The number of rotatable bonds is 30. The number of carbonyl (C=O) groups is 6. The molecule has 4 unspecified atom stereocenters. The number of amides is 2. The van der Waals surface area contributed by atoms with Gasteiger partial charge in [0.25, 0.3) is 0 Å². The highest BCUT2D eigenvalue weighted by atomic mass is 31.2. The van der Waals surface area contributed by atoms with Crippen molar-refractivity contribution in [3.8, 4) is 0 Å². The monoisotopic (exact) mass is 933 g/mol. The van der Waals surface area contributed by atoms with E-state index in [1.54, 1.807) is 0 Å². The van der Waals surface area contributed by atoms with Crippen molar-refractivity contribution in [2.24, 2.45) is 0 Å². The third-order valence-electron chi connectivity index (χ3n) is 8.77. The van der Waals surface area contributed by atoms with Crippen LogP contribution in [-0.4, -0.2) is 265 Å². The van der Waals surface area contributed by atoms with Crippen LogP contribution in [0.4, 0.5) is 0 Å². The summed E-state index contributed by atoms with van der Waals surface area (Å²) in [7, 11) is -11.3. The van der Waals surface area contributed by atoms with Crippen LogP contribution in [0.5, 0.6) is 0 Å². The van der Waals surface area contributed by atoms with Gasteiger partial charge in [-0.3, -0.25) is 52.6 Å². The lowest BCUT2D eigenvalue weighted by Gasteiger charge is -2.44. The van der Waals surface area contributed by atoms with Crippen molar-refractivity contribution in [1.29, 1.82) is 0 Å². The molecule has 0 aromatic rings. The summed E-state index contributed by atoms with van der Waals surface area (Å²) in [4.78, 5) is 112. The standard InChI is InChI=1S/C29H53N5O25P2/c35-11-14(30-17(39)5-23(60(52,53)54)61(55,56)57)25(49)28(15(38)12-36)59-29-24(27(51)26(50)16(13-37)58-29)31-18(40)6-33(8-20(43)44)3-1-32(7-19(41)42)2-4-34(9-21(45)46)10-22(47)48/h14-16,23-29,35-38,49-51H,1-13H2,(H,30,39)(H,31,40)(H,41,42)(H,43,44)(H,45,46)(H,47,48)(H2,52,53,54)(H2,55,56,57)/t14?,15?,16?,24?,25-,26+,27-,28+,29+/m1/s1. The first-order valence-corrected chi connectivity index (χ1v) is 21.1. The molecule has 0 bridgehead atoms. The topological polar surface area (TPSA) is 492 Å². The molecule has 30 nitrogen and oxygen atoms in total. The fourth-order valence-corrected chi connectivity index (χ4v) is 8.18. The van der Waals surface area contributed by atoms with Gasteiger partial charge in [-0.2, -0.15) is 0 Å². The van der Waals surface area contributed by atoms with Gasteiger partial charge >= 0.3 is 39.1 Å². The summed E-state index contributed by atoms with van der Waals surface area (Å²) < 4.78 is 34.3. The Labute approximate surface area is 344 Å². The largest absolute Gasteiger partial charge is 0.480 e. The van der Waals surface area contributed by atoms with Crippen molar-refractivity contribution < 1.29 is 123 Å². The van der Waals surface area contributed by atoms with E-state index >= 15 is 0 Å². The average molecular weight is 934 g/mol. The Balaban J connectivity index is 3.34. The summed E-state index contributed by atoms with van der Waals surface area (Å²) in [6.45, 7) is -8.58. The van der Waals surface area contributed by atoms with Gasteiger partial charge in [-0.25, -0.2) is 0 Å². The molecule has 354 valence electrons. The van der Waals surface area contributed by atoms with Crippen LogP contribution in [-0.2, 0) is 47.4 Å². The summed E-state index contributed by atoms with van der Waals surface area (Å²) in [5, 5.41) is 111. The summed E-state index contributed by atoms with van der Waals surface area (Å²) >= 11 is 0. The predicted molar refractivity (Wildman–Crippen MR) is 195 cm³/mol. The SMILES string of the molecule is O=C(O)CN(CCN(CC(=O)O)CC(=O)O)CCN(CC(=O)O)CC(=O)NC1[C@H](O[C@@H](C(O)CO)[C@H](O)C(CO)NC(=O)CC(P(=O)(O)O)P(=O)(O)O)OC(CO)[C@H](O)[C@@H]1O. The Kier molecular flexibility index (Phi) is 23.4. The molecule has 0 spiro atoms. The van der Waals surface area contributed by atoms with Crippen LogP contribution in [0.15, 0.2) is 0 Å². The average Bonchev–Trinajstić information content (AvgIpc) is 3.12. The number of ether oxygens (including phenoxy) is 2. The summed E-state index contributed by atoms with van der Waals surface area (Å²) in [5.41, 5.74) is 0. The Morgan fingerprint density at radius 3 is 1.51 bits per heavy atom. The quantitative estimate of drug-likeness (QED) is 0.0297. The number of carboxylic acids is 4. The first kappa shape index (κ1) is 55.7. The summed E-state index contributed by atoms with van der Waals surface area (Å²) in [6, 6.07) is -3.97. The van der Waals surface area contributed by atoms with Gasteiger partial charge in [-0.15, -0.1) is 0 Å². The number of nitrogens with zero attached hydrogens (tertiary/aromatic N) is 3. The molecular formula is C29H53N5O25P2. The van der Waals surface area contributed by atoms with Gasteiger partial charge in [-0.1, -0.05) is 0 Å². The normalized spacial score (nSPS) is 21.9. The number of aliphatic carboxylic acids is 4. The van der Waals surface area contributed by atoms with E-state index in [9.17, 15) is 103 Å². The van der Waals surface area contributed by atoms with E-state index in [0.29, 0.717) is 0 Å². The van der Waals surface area contributed by atoms with E-state index in [-0.39, 0.29) is 26.2 Å². The Morgan fingerprint density at radius 2 is 1.10 bits per heavy atom. The molecule has 1 heterocycles. The van der Waals surface area contributed by atoms with Gasteiger partial charge < -0.3 is 95.9 Å². The van der Waals surface area contributed by atoms with Crippen LogP contribution in [0.3, 0.4) is 0 Å². The van der Waals surface area contributed by atoms with Crippen LogP contribution >= 0.6 is 15.2 Å². The Hall–Kier alpha value is -3.36. The molecule has 9 atom stereocenters. The van der Waals surface area contributed by atoms with Crippen LogP contribution in [0, 0.1) is 0 Å². The maximum Gasteiger partial charge on any atom is 0.341 e. The lowest BCUT2D eigenvalue weighted by atomic mass is 9.96. The number of aliphatic hydroxyl groups excluding tert-OH is 7. The molecule has 2 amide bonds. The highest BCUT2D eigenvalue weighted by molar-refractivity contribution is 7.70. The van der Waals surface area contributed by atoms with Crippen LogP contribution in [0.2, 0.25) is 0 Å². The number of carbonyl (C=O) groups excluding carboxylic acids is 2. The van der Waals surface area contributed by atoms with Gasteiger partial charge in [0.1, 0.15) is 42.7 Å². The van der Waals surface area contributed by atoms with Crippen molar-refractivity contribution in [2.75, 3.05) is 78.7 Å². The molecule has 0 aromatic carbocycles. The van der Waals surface area contributed by atoms with E-state index in [1.807, 2.05) is 5.32 Å². The van der Waals surface area contributed by atoms with Crippen molar-refractivity contribution in [3.63, 3.8) is 0 Å². The molecule has 1 fully saturated rings. The minimum atomic E-state index is -5.63. The number of carboxylic acid groups (broad SMARTS) is 4. The molecule has 0 saturated carbocycles. The lowest BCUT2D eigenvalue weighted by Crippen LogP contribution is -2.67. The van der Waals surface area contributed by atoms with E-state index in [1.165, 1.54) is 4.90 Å². The third-order valence-corrected chi connectivity index (χ3v) is 12.5. The van der Waals surface area contributed by atoms with Crippen molar-refractivity contribution >= 4 is 50.9 Å². The zero-order chi connectivity index (χ0) is 47.0. The number of aliphatic hydroxyl groups is 7. The van der Waals surface area contributed by atoms with Crippen molar-refractivity contribution in [2.45, 2.75) is 66.8 Å². The molecule has 1 saturated heterocycles. The van der Waals surface area contributed by atoms with Crippen molar-refractivity contribution in [1.82, 2.24) is 25.3 Å².